The molecule has 1 aromatic carbocycles. The second kappa shape index (κ2) is 4.15. The Bertz CT molecular complexity index is 402. The molecule has 0 radical (unpaired) electrons. The molecule has 0 aromatic heterocycles. The molecule has 0 unspecified atom stereocenters. The van der Waals surface area contributed by atoms with Crippen molar-refractivity contribution >= 4 is 11.6 Å². The SMILES string of the molecule is COc1cc(Cl)c(OC)c(C2(N)CCC2)c1. The summed E-state index contributed by atoms with van der Waals surface area (Å²) in [6, 6.07) is 3.66. The number of halogens is 1. The molecular formula is C12H16ClNO2. The van der Waals surface area contributed by atoms with Crippen LogP contribution in [0.15, 0.2) is 12.1 Å². The molecular weight excluding hydrogens is 226 g/mol. The maximum atomic E-state index is 6.30. The summed E-state index contributed by atoms with van der Waals surface area (Å²) >= 11 is 6.14. The highest BCUT2D eigenvalue weighted by molar-refractivity contribution is 6.32. The second-order valence-electron chi connectivity index (χ2n) is 4.20. The van der Waals surface area contributed by atoms with Gasteiger partial charge in [0.1, 0.15) is 11.5 Å². The number of nitrogens with two attached hydrogens (primary N) is 1. The summed E-state index contributed by atoms with van der Waals surface area (Å²) in [6.45, 7) is 0. The Morgan fingerprint density at radius 2 is 1.94 bits per heavy atom. The molecule has 1 aromatic rings. The van der Waals surface area contributed by atoms with E-state index in [9.17, 15) is 0 Å². The fraction of sp³-hybridized carbons (Fsp3) is 0.500. The quantitative estimate of drug-likeness (QED) is 0.885. The van der Waals surface area contributed by atoms with Crippen LogP contribution in [0.3, 0.4) is 0 Å². The van der Waals surface area contributed by atoms with Crippen molar-refractivity contribution in [2.24, 2.45) is 5.73 Å². The first-order chi connectivity index (χ1) is 7.60. The predicted molar refractivity (Wildman–Crippen MR) is 64.3 cm³/mol. The third kappa shape index (κ3) is 1.74. The maximum Gasteiger partial charge on any atom is 0.142 e. The van der Waals surface area contributed by atoms with Crippen molar-refractivity contribution in [3.63, 3.8) is 0 Å². The van der Waals surface area contributed by atoms with Crippen molar-refractivity contribution in [1.82, 2.24) is 0 Å². The fourth-order valence-corrected chi connectivity index (χ4v) is 2.38. The predicted octanol–water partition coefficient (Wildman–Crippen LogP) is 2.70. The van der Waals surface area contributed by atoms with Crippen LogP contribution in [0.4, 0.5) is 0 Å². The van der Waals surface area contributed by atoms with E-state index < -0.39 is 0 Å². The third-order valence-electron chi connectivity index (χ3n) is 3.24. The van der Waals surface area contributed by atoms with Gasteiger partial charge in [-0.15, -0.1) is 0 Å². The zero-order valence-electron chi connectivity index (χ0n) is 9.55. The van der Waals surface area contributed by atoms with Crippen molar-refractivity contribution in [2.75, 3.05) is 14.2 Å². The van der Waals surface area contributed by atoms with Gasteiger partial charge in [-0.25, -0.2) is 0 Å². The Morgan fingerprint density at radius 3 is 2.38 bits per heavy atom. The maximum absolute atomic E-state index is 6.30. The molecule has 0 amide bonds. The first-order valence-corrected chi connectivity index (χ1v) is 5.69. The van der Waals surface area contributed by atoms with Crippen molar-refractivity contribution in [3.8, 4) is 11.5 Å². The molecule has 0 spiro atoms. The standard InChI is InChI=1S/C12H16ClNO2/c1-15-8-6-9(12(14)4-3-5-12)11(16-2)10(13)7-8/h6-7H,3-5,14H2,1-2H3. The van der Waals surface area contributed by atoms with Crippen LogP contribution in [-0.4, -0.2) is 14.2 Å². The average molecular weight is 242 g/mol. The first-order valence-electron chi connectivity index (χ1n) is 5.31. The zero-order valence-corrected chi connectivity index (χ0v) is 10.3. The van der Waals surface area contributed by atoms with Crippen LogP contribution in [0.1, 0.15) is 24.8 Å². The minimum Gasteiger partial charge on any atom is -0.497 e. The van der Waals surface area contributed by atoms with E-state index >= 15 is 0 Å². The molecule has 2 N–H and O–H groups in total. The van der Waals surface area contributed by atoms with Crippen LogP contribution in [0, 0.1) is 0 Å². The van der Waals surface area contributed by atoms with Crippen LogP contribution in [0.2, 0.25) is 5.02 Å². The lowest BCUT2D eigenvalue weighted by Crippen LogP contribution is -2.43. The van der Waals surface area contributed by atoms with Gasteiger partial charge in [0.2, 0.25) is 0 Å². The third-order valence-corrected chi connectivity index (χ3v) is 3.52. The number of methoxy groups -OCH3 is 2. The van der Waals surface area contributed by atoms with Gasteiger partial charge in [-0.3, -0.25) is 0 Å². The summed E-state index contributed by atoms with van der Waals surface area (Å²) in [7, 11) is 3.23. The topological polar surface area (TPSA) is 44.5 Å². The number of benzene rings is 1. The van der Waals surface area contributed by atoms with Crippen molar-refractivity contribution in [3.05, 3.63) is 22.7 Å². The monoisotopic (exact) mass is 241 g/mol. The molecule has 3 nitrogen and oxygen atoms in total. The number of rotatable bonds is 3. The van der Waals surface area contributed by atoms with Crippen LogP contribution in [0.5, 0.6) is 11.5 Å². The molecule has 2 rings (SSSR count). The zero-order chi connectivity index (χ0) is 11.8. The molecule has 1 fully saturated rings. The molecule has 1 saturated carbocycles. The van der Waals surface area contributed by atoms with Gasteiger partial charge < -0.3 is 15.2 Å². The molecule has 0 aliphatic heterocycles. The molecule has 16 heavy (non-hydrogen) atoms. The summed E-state index contributed by atoms with van der Waals surface area (Å²) in [5.74, 6) is 1.39. The van der Waals surface area contributed by atoms with Crippen LogP contribution >= 0.6 is 11.6 Å². The highest BCUT2D eigenvalue weighted by Gasteiger charge is 2.37. The summed E-state index contributed by atoms with van der Waals surface area (Å²) in [6.07, 6.45) is 3.08. The minimum absolute atomic E-state index is 0.302. The normalized spacial score (nSPS) is 17.8. The lowest BCUT2D eigenvalue weighted by molar-refractivity contribution is 0.243. The van der Waals surface area contributed by atoms with Gasteiger partial charge >= 0.3 is 0 Å². The fourth-order valence-electron chi connectivity index (χ4n) is 2.09. The number of hydrogen-bond donors (Lipinski definition) is 1. The van der Waals surface area contributed by atoms with Gasteiger partial charge in [0, 0.05) is 17.2 Å². The molecule has 0 atom stereocenters. The Hall–Kier alpha value is -0.930. The second-order valence-corrected chi connectivity index (χ2v) is 4.61. The lowest BCUT2D eigenvalue weighted by atomic mass is 9.72. The lowest BCUT2D eigenvalue weighted by Gasteiger charge is -2.39. The Morgan fingerprint density at radius 1 is 1.25 bits per heavy atom. The van der Waals surface area contributed by atoms with E-state index in [4.69, 9.17) is 26.8 Å². The molecule has 0 saturated heterocycles. The molecule has 88 valence electrons. The van der Waals surface area contributed by atoms with E-state index in [1.54, 1.807) is 20.3 Å². The number of ether oxygens (including phenoxy) is 2. The van der Waals surface area contributed by atoms with Gasteiger partial charge in [-0.05, 0) is 25.3 Å². The molecule has 1 aliphatic rings. The first kappa shape index (κ1) is 11.6. The summed E-state index contributed by atoms with van der Waals surface area (Å²) in [5.41, 5.74) is 6.95. The van der Waals surface area contributed by atoms with Gasteiger partial charge in [0.05, 0.1) is 19.2 Å². The molecule has 0 bridgehead atoms. The van der Waals surface area contributed by atoms with Crippen molar-refractivity contribution in [1.29, 1.82) is 0 Å². The van der Waals surface area contributed by atoms with Crippen molar-refractivity contribution in [2.45, 2.75) is 24.8 Å². The van der Waals surface area contributed by atoms with Crippen LogP contribution < -0.4 is 15.2 Å². The number of hydrogen-bond acceptors (Lipinski definition) is 3. The average Bonchev–Trinajstić information content (AvgIpc) is 2.24. The van der Waals surface area contributed by atoms with E-state index in [2.05, 4.69) is 0 Å². The van der Waals surface area contributed by atoms with E-state index in [1.807, 2.05) is 6.07 Å². The van der Waals surface area contributed by atoms with E-state index in [0.717, 1.165) is 30.6 Å². The smallest absolute Gasteiger partial charge is 0.142 e. The van der Waals surface area contributed by atoms with Gasteiger partial charge in [0.25, 0.3) is 0 Å². The van der Waals surface area contributed by atoms with Gasteiger partial charge in [-0.1, -0.05) is 11.6 Å². The molecule has 4 heteroatoms. The minimum atomic E-state index is -0.302. The van der Waals surface area contributed by atoms with Crippen molar-refractivity contribution < 1.29 is 9.47 Å². The Balaban J connectivity index is 2.52. The largest absolute Gasteiger partial charge is 0.497 e. The van der Waals surface area contributed by atoms with Gasteiger partial charge in [0.15, 0.2) is 0 Å². The Labute approximate surface area is 100 Å². The molecule has 0 heterocycles. The summed E-state index contributed by atoms with van der Waals surface area (Å²) < 4.78 is 10.5. The van der Waals surface area contributed by atoms with Crippen LogP contribution in [0.25, 0.3) is 0 Å². The van der Waals surface area contributed by atoms with E-state index in [1.165, 1.54) is 0 Å². The van der Waals surface area contributed by atoms with E-state index in [0.29, 0.717) is 10.8 Å². The van der Waals surface area contributed by atoms with Crippen LogP contribution in [-0.2, 0) is 5.54 Å². The summed E-state index contributed by atoms with van der Waals surface area (Å²) in [4.78, 5) is 0. The highest BCUT2D eigenvalue weighted by Crippen LogP contribution is 2.46. The Kier molecular flexibility index (Phi) is 3.00. The summed E-state index contributed by atoms with van der Waals surface area (Å²) in [5, 5.41) is 0.550. The highest BCUT2D eigenvalue weighted by atomic mass is 35.5. The van der Waals surface area contributed by atoms with E-state index in [-0.39, 0.29) is 5.54 Å². The van der Waals surface area contributed by atoms with Gasteiger partial charge in [-0.2, -0.15) is 0 Å². The molecule has 1 aliphatic carbocycles.